The Morgan fingerprint density at radius 3 is 2.32 bits per heavy atom. The fourth-order valence-corrected chi connectivity index (χ4v) is 1.84. The van der Waals surface area contributed by atoms with E-state index in [1.807, 2.05) is 20.8 Å². The van der Waals surface area contributed by atoms with Crippen molar-refractivity contribution < 1.29 is 19.1 Å². The molecule has 1 rings (SSSR count). The minimum Gasteiger partial charge on any atom is -0.378 e. The first kappa shape index (κ1) is 18.1. The summed E-state index contributed by atoms with van der Waals surface area (Å²) in [6.45, 7) is 8.87. The van der Waals surface area contributed by atoms with Gasteiger partial charge in [-0.3, -0.25) is 14.4 Å². The Morgan fingerprint density at radius 2 is 1.77 bits per heavy atom. The second-order valence-electron chi connectivity index (χ2n) is 6.17. The molecule has 0 saturated carbocycles. The van der Waals surface area contributed by atoms with Crippen molar-refractivity contribution in [1.29, 1.82) is 0 Å². The molecule has 0 radical (unpaired) electrons. The van der Waals surface area contributed by atoms with Crippen LogP contribution in [-0.2, 0) is 19.1 Å². The minimum atomic E-state index is -0.808. The molecule has 8 nitrogen and oxygen atoms in total. The van der Waals surface area contributed by atoms with Gasteiger partial charge in [0, 0.05) is 24.3 Å². The molecule has 2 N–H and O–H groups in total. The molecule has 1 heterocycles. The fourth-order valence-electron chi connectivity index (χ4n) is 1.84. The highest BCUT2D eigenvalue weighted by Gasteiger charge is 2.23. The van der Waals surface area contributed by atoms with E-state index in [9.17, 15) is 14.4 Å². The zero-order chi connectivity index (χ0) is 16.8. The number of carbonyl (C=O) groups excluding carboxylic acids is 3. The van der Waals surface area contributed by atoms with Gasteiger partial charge in [-0.2, -0.15) is 5.10 Å². The van der Waals surface area contributed by atoms with Crippen LogP contribution in [0.2, 0.25) is 0 Å². The number of nitrogens with zero attached hydrogens (tertiary/aromatic N) is 2. The number of hydrogen-bond donors (Lipinski definition) is 2. The van der Waals surface area contributed by atoms with Crippen LogP contribution in [-0.4, -0.2) is 60.2 Å². The van der Waals surface area contributed by atoms with Crippen LogP contribution in [0.3, 0.4) is 0 Å². The van der Waals surface area contributed by atoms with Crippen LogP contribution in [0.15, 0.2) is 5.10 Å². The summed E-state index contributed by atoms with van der Waals surface area (Å²) < 4.78 is 5.11. The second kappa shape index (κ2) is 7.88. The largest absolute Gasteiger partial charge is 0.378 e. The average Bonchev–Trinajstić information content (AvgIpc) is 2.42. The molecule has 0 aromatic carbocycles. The Kier molecular flexibility index (Phi) is 6.48. The highest BCUT2D eigenvalue weighted by Crippen LogP contribution is 2.00. The Labute approximate surface area is 130 Å². The average molecular weight is 312 g/mol. The van der Waals surface area contributed by atoms with Crippen LogP contribution in [0.4, 0.5) is 0 Å². The third kappa shape index (κ3) is 6.66. The van der Waals surface area contributed by atoms with Crippen LogP contribution in [0.25, 0.3) is 0 Å². The number of morpholine rings is 1. The first-order valence-electron chi connectivity index (χ1n) is 7.20. The van der Waals surface area contributed by atoms with Gasteiger partial charge in [0.05, 0.1) is 19.6 Å². The lowest BCUT2D eigenvalue weighted by atomic mass is 10.1. The van der Waals surface area contributed by atoms with Crippen molar-refractivity contribution in [3.63, 3.8) is 0 Å². The lowest BCUT2D eigenvalue weighted by Gasteiger charge is -2.25. The van der Waals surface area contributed by atoms with E-state index in [4.69, 9.17) is 4.74 Å². The number of rotatable bonds is 3. The van der Waals surface area contributed by atoms with Gasteiger partial charge >= 0.3 is 11.8 Å². The fraction of sp³-hybridized carbons (Fsp3) is 0.714. The molecule has 1 aliphatic heterocycles. The van der Waals surface area contributed by atoms with Crippen molar-refractivity contribution in [2.24, 2.45) is 5.10 Å². The maximum absolute atomic E-state index is 11.8. The lowest BCUT2D eigenvalue weighted by Crippen LogP contribution is -2.47. The first-order valence-corrected chi connectivity index (χ1v) is 7.20. The maximum Gasteiger partial charge on any atom is 0.329 e. The molecule has 1 aliphatic rings. The molecule has 0 aromatic rings. The number of hydrogen-bond acceptors (Lipinski definition) is 5. The zero-order valence-corrected chi connectivity index (χ0v) is 13.6. The van der Waals surface area contributed by atoms with E-state index in [1.165, 1.54) is 4.90 Å². The summed E-state index contributed by atoms with van der Waals surface area (Å²) in [6.07, 6.45) is 0.0588. The number of amides is 3. The summed E-state index contributed by atoms with van der Waals surface area (Å²) in [5, 5.41) is 6.58. The van der Waals surface area contributed by atoms with Gasteiger partial charge in [0.15, 0.2) is 0 Å². The zero-order valence-electron chi connectivity index (χ0n) is 13.6. The van der Waals surface area contributed by atoms with Crippen molar-refractivity contribution in [3.8, 4) is 0 Å². The predicted molar refractivity (Wildman–Crippen MR) is 81.2 cm³/mol. The molecule has 0 aliphatic carbocycles. The molecule has 22 heavy (non-hydrogen) atoms. The van der Waals surface area contributed by atoms with Gasteiger partial charge < -0.3 is 15.0 Å². The van der Waals surface area contributed by atoms with Gasteiger partial charge in [-0.05, 0) is 27.7 Å². The Bertz CT molecular complexity index is 462. The number of nitrogens with one attached hydrogen (secondary N) is 2. The third-order valence-corrected chi connectivity index (χ3v) is 2.77. The molecular formula is C14H24N4O4. The van der Waals surface area contributed by atoms with Gasteiger partial charge in [0.2, 0.25) is 5.91 Å². The van der Waals surface area contributed by atoms with E-state index < -0.39 is 11.8 Å². The van der Waals surface area contributed by atoms with E-state index in [0.29, 0.717) is 32.0 Å². The van der Waals surface area contributed by atoms with Crippen molar-refractivity contribution in [3.05, 3.63) is 0 Å². The van der Waals surface area contributed by atoms with Crippen LogP contribution < -0.4 is 10.7 Å². The molecule has 0 atom stereocenters. The van der Waals surface area contributed by atoms with Crippen molar-refractivity contribution in [2.75, 3.05) is 26.3 Å². The van der Waals surface area contributed by atoms with Crippen LogP contribution >= 0.6 is 0 Å². The molecule has 1 fully saturated rings. The van der Waals surface area contributed by atoms with E-state index in [1.54, 1.807) is 6.92 Å². The van der Waals surface area contributed by atoms with Gasteiger partial charge in [-0.1, -0.05) is 0 Å². The Morgan fingerprint density at radius 1 is 1.18 bits per heavy atom. The molecule has 0 bridgehead atoms. The summed E-state index contributed by atoms with van der Waals surface area (Å²) in [5.74, 6) is -1.64. The van der Waals surface area contributed by atoms with E-state index >= 15 is 0 Å². The minimum absolute atomic E-state index is 0.0588. The summed E-state index contributed by atoms with van der Waals surface area (Å²) in [5.41, 5.74) is 2.28. The highest BCUT2D eigenvalue weighted by molar-refractivity contribution is 6.35. The van der Waals surface area contributed by atoms with Crippen molar-refractivity contribution in [2.45, 2.75) is 39.7 Å². The second-order valence-corrected chi connectivity index (χ2v) is 6.17. The van der Waals surface area contributed by atoms with Gasteiger partial charge in [-0.25, -0.2) is 5.43 Å². The quantitative estimate of drug-likeness (QED) is 0.422. The monoisotopic (exact) mass is 312 g/mol. The highest BCUT2D eigenvalue weighted by atomic mass is 16.5. The summed E-state index contributed by atoms with van der Waals surface area (Å²) in [7, 11) is 0. The van der Waals surface area contributed by atoms with Crippen LogP contribution in [0.5, 0.6) is 0 Å². The molecular weight excluding hydrogens is 288 g/mol. The predicted octanol–water partition coefficient (Wildman–Crippen LogP) is -0.358. The SMILES string of the molecule is CC(CC(=O)NC(C)(C)C)=NNC(=O)C(=O)N1CCOCC1. The van der Waals surface area contributed by atoms with Gasteiger partial charge in [-0.15, -0.1) is 0 Å². The molecule has 1 saturated heterocycles. The third-order valence-electron chi connectivity index (χ3n) is 2.77. The molecule has 3 amide bonds. The molecule has 0 aromatic heterocycles. The summed E-state index contributed by atoms with van der Waals surface area (Å²) in [4.78, 5) is 36.7. The normalized spacial score (nSPS) is 16.2. The van der Waals surface area contributed by atoms with Crippen molar-refractivity contribution in [1.82, 2.24) is 15.6 Å². The molecule has 0 spiro atoms. The summed E-state index contributed by atoms with van der Waals surface area (Å²) >= 11 is 0. The van der Waals surface area contributed by atoms with E-state index in [2.05, 4.69) is 15.8 Å². The standard InChI is InChI=1S/C14H24N4O4/c1-10(9-11(19)15-14(2,3)4)16-17-12(20)13(21)18-5-7-22-8-6-18/h5-9H2,1-4H3,(H,15,19)(H,17,20). The molecule has 0 unspecified atom stereocenters. The Hall–Kier alpha value is -1.96. The van der Waals surface area contributed by atoms with Gasteiger partial charge in [0.1, 0.15) is 0 Å². The Balaban J connectivity index is 2.43. The van der Waals surface area contributed by atoms with Crippen LogP contribution in [0.1, 0.15) is 34.1 Å². The van der Waals surface area contributed by atoms with Crippen molar-refractivity contribution >= 4 is 23.4 Å². The molecule has 124 valence electrons. The number of carbonyl (C=O) groups is 3. The van der Waals surface area contributed by atoms with Crippen LogP contribution in [0, 0.1) is 0 Å². The first-order chi connectivity index (χ1) is 10.2. The van der Waals surface area contributed by atoms with E-state index in [-0.39, 0.29) is 17.9 Å². The van der Waals surface area contributed by atoms with Gasteiger partial charge in [0.25, 0.3) is 0 Å². The summed E-state index contributed by atoms with van der Waals surface area (Å²) in [6, 6.07) is 0. The smallest absolute Gasteiger partial charge is 0.329 e. The number of hydrazone groups is 1. The molecule has 8 heteroatoms. The maximum atomic E-state index is 11.8. The lowest BCUT2D eigenvalue weighted by molar-refractivity contribution is -0.148. The number of ether oxygens (including phenoxy) is 1. The van der Waals surface area contributed by atoms with E-state index in [0.717, 1.165) is 0 Å². The topological polar surface area (TPSA) is 100 Å².